The minimum absolute atomic E-state index is 0.0317. The van der Waals surface area contributed by atoms with E-state index < -0.39 is 12.1 Å². The van der Waals surface area contributed by atoms with Crippen molar-refractivity contribution in [2.24, 2.45) is 0 Å². The van der Waals surface area contributed by atoms with Gasteiger partial charge in [0.25, 0.3) is 5.91 Å². The van der Waals surface area contributed by atoms with Gasteiger partial charge in [-0.2, -0.15) is 0 Å². The van der Waals surface area contributed by atoms with Crippen LogP contribution in [0.1, 0.15) is 24.9 Å². The second-order valence-corrected chi connectivity index (χ2v) is 7.37. The Labute approximate surface area is 166 Å². The summed E-state index contributed by atoms with van der Waals surface area (Å²) < 4.78 is 5.70. The van der Waals surface area contributed by atoms with E-state index in [4.69, 9.17) is 39.5 Å². The molecule has 1 aliphatic rings. The third kappa shape index (κ3) is 4.04. The van der Waals surface area contributed by atoms with Crippen molar-refractivity contribution in [3.05, 3.63) is 63.1 Å². The Bertz CT molecular complexity index is 838. The van der Waals surface area contributed by atoms with Crippen molar-refractivity contribution in [2.45, 2.75) is 25.5 Å². The molecule has 1 heterocycles. The zero-order valence-corrected chi connectivity index (χ0v) is 16.2. The van der Waals surface area contributed by atoms with Gasteiger partial charge in [-0.1, -0.05) is 40.9 Å². The smallest absolute Gasteiger partial charge is 0.257 e. The fraction of sp³-hybridized carbons (Fsp3) is 0.263. The van der Waals surface area contributed by atoms with Crippen LogP contribution in [0, 0.1) is 0 Å². The number of nitrogens with zero attached hydrogens (tertiary/aromatic N) is 1. The number of halogens is 3. The van der Waals surface area contributed by atoms with Gasteiger partial charge >= 0.3 is 0 Å². The predicted octanol–water partition coefficient (Wildman–Crippen LogP) is 5.10. The van der Waals surface area contributed by atoms with Crippen molar-refractivity contribution >= 4 is 52.2 Å². The number of carbonyl (C=O) groups excluding carboxylic acids is 2. The van der Waals surface area contributed by atoms with Gasteiger partial charge in [0.15, 0.2) is 0 Å². The quantitative estimate of drug-likeness (QED) is 0.702. The maximum Gasteiger partial charge on any atom is 0.257 e. The van der Waals surface area contributed by atoms with Crippen LogP contribution < -0.4 is 4.90 Å². The number of carbonyl (C=O) groups is 2. The second-order valence-electron chi connectivity index (χ2n) is 6.09. The van der Waals surface area contributed by atoms with Crippen LogP contribution >= 0.6 is 34.8 Å². The summed E-state index contributed by atoms with van der Waals surface area (Å²) in [6.07, 6.45) is -0.783. The van der Waals surface area contributed by atoms with Crippen molar-refractivity contribution in [3.63, 3.8) is 0 Å². The molecule has 1 saturated heterocycles. The van der Waals surface area contributed by atoms with E-state index in [0.717, 1.165) is 5.56 Å². The first-order valence-electron chi connectivity index (χ1n) is 8.01. The summed E-state index contributed by atoms with van der Waals surface area (Å²) in [5.74, 6) is -0.396. The first-order chi connectivity index (χ1) is 12.4. The molecule has 0 aromatic heterocycles. The summed E-state index contributed by atoms with van der Waals surface area (Å²) in [6.45, 7) is 1.65. The Kier molecular flexibility index (Phi) is 5.88. The second kappa shape index (κ2) is 7.97. The molecule has 1 aliphatic heterocycles. The highest BCUT2D eigenvalue weighted by Crippen LogP contribution is 2.37. The highest BCUT2D eigenvalue weighted by atomic mass is 35.5. The van der Waals surface area contributed by atoms with Crippen LogP contribution in [0.3, 0.4) is 0 Å². The molecule has 7 heteroatoms. The molecule has 2 unspecified atom stereocenters. The highest BCUT2D eigenvalue weighted by molar-refractivity contribution is 6.35. The van der Waals surface area contributed by atoms with Gasteiger partial charge in [-0.15, -0.1) is 0 Å². The number of rotatable bonds is 4. The van der Waals surface area contributed by atoms with E-state index in [1.54, 1.807) is 47.4 Å². The lowest BCUT2D eigenvalue weighted by molar-refractivity contribution is -0.140. The molecule has 26 heavy (non-hydrogen) atoms. The summed E-state index contributed by atoms with van der Waals surface area (Å²) in [7, 11) is 0. The Morgan fingerprint density at radius 1 is 1.12 bits per heavy atom. The molecule has 4 nitrogen and oxygen atoms in total. The zero-order valence-electron chi connectivity index (χ0n) is 13.9. The van der Waals surface area contributed by atoms with Gasteiger partial charge < -0.3 is 9.64 Å². The molecule has 0 spiro atoms. The Balaban J connectivity index is 2.03. The largest absolute Gasteiger partial charge is 0.365 e. The van der Waals surface area contributed by atoms with E-state index >= 15 is 0 Å². The Hall–Kier alpha value is -1.59. The third-order valence-corrected chi connectivity index (χ3v) is 4.99. The number of anilines is 1. The van der Waals surface area contributed by atoms with Crippen LogP contribution in [0.15, 0.2) is 42.5 Å². The minimum Gasteiger partial charge on any atom is -0.365 e. The van der Waals surface area contributed by atoms with E-state index in [9.17, 15) is 9.59 Å². The number of hydrogen-bond acceptors (Lipinski definition) is 3. The monoisotopic (exact) mass is 411 g/mol. The van der Waals surface area contributed by atoms with Crippen molar-refractivity contribution in [1.82, 2.24) is 0 Å². The SMILES string of the molecule is CC(=O)CC1OCC(c2ccc(Cl)cc2Cl)N(c2ccc(Cl)cc2)C1=O. The van der Waals surface area contributed by atoms with Crippen molar-refractivity contribution < 1.29 is 14.3 Å². The van der Waals surface area contributed by atoms with Gasteiger partial charge in [-0.3, -0.25) is 9.59 Å². The van der Waals surface area contributed by atoms with Gasteiger partial charge in [-0.25, -0.2) is 0 Å². The normalized spacial score (nSPS) is 20.3. The molecule has 1 amide bonds. The molecule has 0 bridgehead atoms. The number of ketones is 1. The molecule has 2 atom stereocenters. The first kappa shape index (κ1) is 19.2. The molecule has 0 N–H and O–H groups in total. The summed E-state index contributed by atoms with van der Waals surface area (Å²) in [5, 5.41) is 1.52. The average Bonchev–Trinajstić information content (AvgIpc) is 2.58. The van der Waals surface area contributed by atoms with Crippen LogP contribution in [0.25, 0.3) is 0 Å². The van der Waals surface area contributed by atoms with Gasteiger partial charge in [0.1, 0.15) is 11.9 Å². The molecule has 2 aromatic rings. The number of hydrogen-bond donors (Lipinski definition) is 0. The van der Waals surface area contributed by atoms with Crippen LogP contribution in [-0.2, 0) is 14.3 Å². The lowest BCUT2D eigenvalue weighted by Gasteiger charge is -2.39. The molecule has 2 aromatic carbocycles. The molecule has 0 radical (unpaired) electrons. The summed E-state index contributed by atoms with van der Waals surface area (Å²) in [6, 6.07) is 11.6. The van der Waals surface area contributed by atoms with E-state index in [-0.39, 0.29) is 24.7 Å². The maximum atomic E-state index is 13.1. The van der Waals surface area contributed by atoms with E-state index in [1.165, 1.54) is 6.92 Å². The summed E-state index contributed by atoms with van der Waals surface area (Å²) in [4.78, 5) is 26.2. The minimum atomic E-state index is -0.814. The van der Waals surface area contributed by atoms with Crippen LogP contribution in [-0.4, -0.2) is 24.4 Å². The lowest BCUT2D eigenvalue weighted by atomic mass is 10.0. The molecule has 0 aliphatic carbocycles. The van der Waals surface area contributed by atoms with Gasteiger partial charge in [0.2, 0.25) is 0 Å². The van der Waals surface area contributed by atoms with E-state index in [0.29, 0.717) is 20.8 Å². The van der Waals surface area contributed by atoms with Crippen molar-refractivity contribution in [2.75, 3.05) is 11.5 Å². The lowest BCUT2D eigenvalue weighted by Crippen LogP contribution is -2.50. The Morgan fingerprint density at radius 2 is 1.77 bits per heavy atom. The zero-order chi connectivity index (χ0) is 18.8. The summed E-state index contributed by atoms with van der Waals surface area (Å²) in [5.41, 5.74) is 1.38. The Morgan fingerprint density at radius 3 is 2.38 bits per heavy atom. The van der Waals surface area contributed by atoms with E-state index in [1.807, 2.05) is 0 Å². The van der Waals surface area contributed by atoms with Crippen molar-refractivity contribution in [3.8, 4) is 0 Å². The topological polar surface area (TPSA) is 46.6 Å². The molecule has 3 rings (SSSR count). The fourth-order valence-electron chi connectivity index (χ4n) is 2.98. The van der Waals surface area contributed by atoms with Crippen LogP contribution in [0.4, 0.5) is 5.69 Å². The maximum absolute atomic E-state index is 13.1. The predicted molar refractivity (Wildman–Crippen MR) is 103 cm³/mol. The standard InChI is InChI=1S/C19H16Cl3NO3/c1-11(24)8-18-19(25)23(14-5-2-12(20)3-6-14)17(10-26-18)15-7-4-13(21)9-16(15)22/h2-7,9,17-18H,8,10H2,1H3. The van der Waals surface area contributed by atoms with Gasteiger partial charge in [0, 0.05) is 27.2 Å². The number of amides is 1. The van der Waals surface area contributed by atoms with Gasteiger partial charge in [-0.05, 0) is 48.9 Å². The first-order valence-corrected chi connectivity index (χ1v) is 9.15. The van der Waals surface area contributed by atoms with Gasteiger partial charge in [0.05, 0.1) is 12.6 Å². The summed E-state index contributed by atoms with van der Waals surface area (Å²) >= 11 is 18.3. The third-order valence-electron chi connectivity index (χ3n) is 4.18. The van der Waals surface area contributed by atoms with Crippen molar-refractivity contribution in [1.29, 1.82) is 0 Å². The van der Waals surface area contributed by atoms with Crippen LogP contribution in [0.5, 0.6) is 0 Å². The highest BCUT2D eigenvalue weighted by Gasteiger charge is 2.39. The average molecular weight is 413 g/mol. The number of morpholine rings is 1. The molecular weight excluding hydrogens is 397 g/mol. The number of ether oxygens (including phenoxy) is 1. The van der Waals surface area contributed by atoms with Crippen LogP contribution in [0.2, 0.25) is 15.1 Å². The van der Waals surface area contributed by atoms with E-state index in [2.05, 4.69) is 0 Å². The number of benzene rings is 2. The molecule has 0 saturated carbocycles. The molecule has 136 valence electrons. The number of Topliss-reactive ketones (excluding diaryl/α,β-unsaturated/α-hetero) is 1. The fourth-order valence-corrected chi connectivity index (χ4v) is 3.64. The molecular formula is C19H16Cl3NO3. The molecule has 1 fully saturated rings.